The van der Waals surface area contributed by atoms with E-state index in [1.807, 2.05) is 47.8 Å². The predicted molar refractivity (Wildman–Crippen MR) is 96.4 cm³/mol. The van der Waals surface area contributed by atoms with Crippen LogP contribution in [0.2, 0.25) is 0 Å². The summed E-state index contributed by atoms with van der Waals surface area (Å²) in [5, 5.41) is 2.88. The van der Waals surface area contributed by atoms with Gasteiger partial charge in [0, 0.05) is 23.6 Å². The molecule has 0 saturated carbocycles. The smallest absolute Gasteiger partial charge is 0.251 e. The Labute approximate surface area is 144 Å². The highest BCUT2D eigenvalue weighted by atomic mass is 32.2. The van der Waals surface area contributed by atoms with E-state index >= 15 is 0 Å². The van der Waals surface area contributed by atoms with Crippen molar-refractivity contribution in [1.82, 2.24) is 5.32 Å². The molecule has 2 aromatic carbocycles. The van der Waals surface area contributed by atoms with Crippen LogP contribution in [0.1, 0.15) is 31.6 Å². The Morgan fingerprint density at radius 2 is 1.87 bits per heavy atom. The first-order valence-corrected chi connectivity index (χ1v) is 9.59. The molecule has 0 spiro atoms. The zero-order valence-corrected chi connectivity index (χ0v) is 14.5. The minimum absolute atomic E-state index is 0.106. The van der Waals surface area contributed by atoms with Crippen molar-refractivity contribution in [2.75, 3.05) is 11.5 Å². The summed E-state index contributed by atoms with van der Waals surface area (Å²) in [7, 11) is 0. The SMILES string of the molecule is Cc1cc(CNC(=O)c2ccc(C3SCCS3)cc2)ccc1F. The molecule has 1 fully saturated rings. The Kier molecular flexibility index (Phi) is 5.28. The second-order valence-corrected chi connectivity index (χ2v) is 8.19. The maximum atomic E-state index is 13.2. The van der Waals surface area contributed by atoms with Gasteiger partial charge in [0.15, 0.2) is 0 Å². The molecule has 0 aromatic heterocycles. The van der Waals surface area contributed by atoms with Gasteiger partial charge in [-0.25, -0.2) is 4.39 Å². The first-order valence-electron chi connectivity index (χ1n) is 7.50. The molecule has 0 unspecified atom stereocenters. The zero-order chi connectivity index (χ0) is 16.2. The van der Waals surface area contributed by atoms with E-state index in [0.29, 0.717) is 22.3 Å². The summed E-state index contributed by atoms with van der Waals surface area (Å²) < 4.78 is 13.7. The van der Waals surface area contributed by atoms with Gasteiger partial charge in [-0.15, -0.1) is 23.5 Å². The molecule has 2 aromatic rings. The van der Waals surface area contributed by atoms with Gasteiger partial charge in [-0.3, -0.25) is 4.79 Å². The third-order valence-corrected chi connectivity index (χ3v) is 6.85. The van der Waals surface area contributed by atoms with Gasteiger partial charge in [0.25, 0.3) is 5.91 Å². The lowest BCUT2D eigenvalue weighted by Crippen LogP contribution is -2.22. The molecule has 1 heterocycles. The number of hydrogen-bond acceptors (Lipinski definition) is 3. The number of nitrogens with one attached hydrogen (secondary N) is 1. The monoisotopic (exact) mass is 347 g/mol. The van der Waals surface area contributed by atoms with E-state index in [4.69, 9.17) is 0 Å². The van der Waals surface area contributed by atoms with Crippen molar-refractivity contribution in [3.05, 3.63) is 70.5 Å². The summed E-state index contributed by atoms with van der Waals surface area (Å²) in [5.74, 6) is 2.05. The minimum atomic E-state index is -0.224. The van der Waals surface area contributed by atoms with Gasteiger partial charge in [-0.2, -0.15) is 0 Å². The normalized spacial score (nSPS) is 14.9. The van der Waals surface area contributed by atoms with Crippen LogP contribution in [-0.4, -0.2) is 17.4 Å². The highest BCUT2D eigenvalue weighted by Gasteiger charge is 2.18. The maximum absolute atomic E-state index is 13.2. The van der Waals surface area contributed by atoms with Gasteiger partial charge in [-0.05, 0) is 41.8 Å². The fourth-order valence-corrected chi connectivity index (χ4v) is 5.30. The van der Waals surface area contributed by atoms with E-state index in [2.05, 4.69) is 5.32 Å². The summed E-state index contributed by atoms with van der Waals surface area (Å²) in [4.78, 5) is 12.2. The van der Waals surface area contributed by atoms with Crippen molar-refractivity contribution in [2.45, 2.75) is 18.1 Å². The van der Waals surface area contributed by atoms with Gasteiger partial charge < -0.3 is 5.32 Å². The van der Waals surface area contributed by atoms with Crippen LogP contribution in [0, 0.1) is 12.7 Å². The summed E-state index contributed by atoms with van der Waals surface area (Å²) in [6.45, 7) is 2.12. The van der Waals surface area contributed by atoms with Crippen molar-refractivity contribution in [1.29, 1.82) is 0 Å². The van der Waals surface area contributed by atoms with Crippen molar-refractivity contribution >= 4 is 29.4 Å². The van der Waals surface area contributed by atoms with Crippen LogP contribution in [0.4, 0.5) is 4.39 Å². The van der Waals surface area contributed by atoms with Gasteiger partial charge in [0.2, 0.25) is 0 Å². The third-order valence-electron chi connectivity index (χ3n) is 3.74. The van der Waals surface area contributed by atoms with E-state index in [0.717, 1.165) is 5.56 Å². The van der Waals surface area contributed by atoms with Crippen LogP contribution in [0.5, 0.6) is 0 Å². The van der Waals surface area contributed by atoms with Gasteiger partial charge in [-0.1, -0.05) is 24.3 Å². The first-order chi connectivity index (χ1) is 11.1. The van der Waals surface area contributed by atoms with Crippen molar-refractivity contribution in [3.63, 3.8) is 0 Å². The Balaban J connectivity index is 1.60. The molecule has 120 valence electrons. The molecular formula is C18H18FNOS2. The third kappa shape index (κ3) is 4.09. The number of halogens is 1. The molecule has 1 aliphatic rings. The van der Waals surface area contributed by atoms with Crippen molar-refractivity contribution in [3.8, 4) is 0 Å². The molecule has 5 heteroatoms. The molecule has 1 saturated heterocycles. The predicted octanol–water partition coefficient (Wildman–Crippen LogP) is 4.54. The van der Waals surface area contributed by atoms with Gasteiger partial charge >= 0.3 is 0 Å². The molecule has 1 aliphatic heterocycles. The fraction of sp³-hybridized carbons (Fsp3) is 0.278. The molecule has 0 atom stereocenters. The van der Waals surface area contributed by atoms with E-state index in [-0.39, 0.29) is 11.7 Å². The van der Waals surface area contributed by atoms with Crippen molar-refractivity contribution < 1.29 is 9.18 Å². The maximum Gasteiger partial charge on any atom is 0.251 e. The molecule has 1 N–H and O–H groups in total. The van der Waals surface area contributed by atoms with E-state index in [9.17, 15) is 9.18 Å². The number of carbonyl (C=O) groups is 1. The van der Waals surface area contributed by atoms with Crippen LogP contribution < -0.4 is 5.32 Å². The fourth-order valence-electron chi connectivity index (χ4n) is 2.44. The van der Waals surface area contributed by atoms with Crippen LogP contribution in [-0.2, 0) is 6.54 Å². The number of hydrogen-bond donors (Lipinski definition) is 1. The van der Waals surface area contributed by atoms with E-state index in [1.54, 1.807) is 19.1 Å². The zero-order valence-electron chi connectivity index (χ0n) is 12.8. The molecule has 0 radical (unpaired) electrons. The van der Waals surface area contributed by atoms with Gasteiger partial charge in [0.05, 0.1) is 4.58 Å². The average molecular weight is 347 g/mol. The summed E-state index contributed by atoms with van der Waals surface area (Å²) in [6, 6.07) is 12.7. The molecule has 2 nitrogen and oxygen atoms in total. The number of aryl methyl sites for hydroxylation is 1. The van der Waals surface area contributed by atoms with E-state index in [1.165, 1.54) is 23.1 Å². The summed E-state index contributed by atoms with van der Waals surface area (Å²) in [5.41, 5.74) is 3.41. The van der Waals surface area contributed by atoms with Crippen molar-refractivity contribution in [2.24, 2.45) is 0 Å². The largest absolute Gasteiger partial charge is 0.348 e. The number of benzene rings is 2. The molecule has 0 aliphatic carbocycles. The first kappa shape index (κ1) is 16.4. The number of carbonyl (C=O) groups excluding carboxylic acids is 1. The topological polar surface area (TPSA) is 29.1 Å². The van der Waals surface area contributed by atoms with Crippen LogP contribution in [0.15, 0.2) is 42.5 Å². The number of thioether (sulfide) groups is 2. The van der Waals surface area contributed by atoms with Gasteiger partial charge in [0.1, 0.15) is 5.82 Å². The molecule has 0 bridgehead atoms. The van der Waals surface area contributed by atoms with Crippen LogP contribution in [0.3, 0.4) is 0 Å². The van der Waals surface area contributed by atoms with E-state index < -0.39 is 0 Å². The Hall–Kier alpha value is -1.46. The number of rotatable bonds is 4. The highest BCUT2D eigenvalue weighted by molar-refractivity contribution is 8.19. The Morgan fingerprint density at radius 3 is 2.52 bits per heavy atom. The second-order valence-electron chi connectivity index (χ2n) is 5.46. The average Bonchev–Trinajstić information content (AvgIpc) is 3.10. The molecule has 23 heavy (non-hydrogen) atoms. The van der Waals surface area contributed by atoms with Crippen LogP contribution in [0.25, 0.3) is 0 Å². The van der Waals surface area contributed by atoms with Crippen LogP contribution >= 0.6 is 23.5 Å². The quantitative estimate of drug-likeness (QED) is 0.880. The number of amides is 1. The summed E-state index contributed by atoms with van der Waals surface area (Å²) in [6.07, 6.45) is 0. The lowest BCUT2D eigenvalue weighted by molar-refractivity contribution is 0.0951. The highest BCUT2D eigenvalue weighted by Crippen LogP contribution is 2.45. The minimum Gasteiger partial charge on any atom is -0.348 e. The Morgan fingerprint density at radius 1 is 1.17 bits per heavy atom. The standard InChI is InChI=1S/C18H18FNOS2/c1-12-10-13(2-7-16(12)19)11-20-17(21)14-3-5-15(6-4-14)18-22-8-9-23-18/h2-7,10,18H,8-9,11H2,1H3,(H,20,21). The Bertz CT molecular complexity index is 697. The molecule has 3 rings (SSSR count). The molecule has 1 amide bonds. The second kappa shape index (κ2) is 7.41. The lowest BCUT2D eigenvalue weighted by atomic mass is 10.1. The molecular weight excluding hydrogens is 329 g/mol. The summed E-state index contributed by atoms with van der Waals surface area (Å²) >= 11 is 3.90. The lowest BCUT2D eigenvalue weighted by Gasteiger charge is -2.10.